The second kappa shape index (κ2) is 9.56. The Labute approximate surface area is 201 Å². The molecule has 1 saturated heterocycles. The number of benzene rings is 3. The highest BCUT2D eigenvalue weighted by molar-refractivity contribution is 9.10. The zero-order valence-corrected chi connectivity index (χ0v) is 19.2. The average molecular weight is 530 g/mol. The number of rotatable bonds is 5. The SMILES string of the molecule is O=C1NC(=O)N(c2ccc(Cl)cc2)C(=O)/C1=C/c1ccc(OCc2ccc(F)cc2)c(Br)c1. The number of anilines is 1. The fourth-order valence-electron chi connectivity index (χ4n) is 3.11. The maximum atomic E-state index is 13.0. The Morgan fingerprint density at radius 1 is 1.00 bits per heavy atom. The lowest BCUT2D eigenvalue weighted by atomic mass is 10.1. The molecule has 0 unspecified atom stereocenters. The third-order valence-corrected chi connectivity index (χ3v) is 5.63. The number of ether oxygens (including phenoxy) is 1. The molecule has 4 amide bonds. The topological polar surface area (TPSA) is 75.7 Å². The molecule has 9 heteroatoms. The van der Waals surface area contributed by atoms with Gasteiger partial charge in [-0.2, -0.15) is 0 Å². The Balaban J connectivity index is 1.55. The number of carbonyl (C=O) groups is 3. The quantitative estimate of drug-likeness (QED) is 0.350. The largest absolute Gasteiger partial charge is 0.488 e. The molecule has 0 bridgehead atoms. The third-order valence-electron chi connectivity index (χ3n) is 4.76. The highest BCUT2D eigenvalue weighted by Gasteiger charge is 2.36. The van der Waals surface area contributed by atoms with Gasteiger partial charge in [0.05, 0.1) is 10.2 Å². The first kappa shape index (κ1) is 22.7. The molecule has 0 aromatic heterocycles. The number of amides is 4. The lowest BCUT2D eigenvalue weighted by molar-refractivity contribution is -0.122. The van der Waals surface area contributed by atoms with Crippen LogP contribution in [0, 0.1) is 5.82 Å². The molecule has 3 aromatic carbocycles. The van der Waals surface area contributed by atoms with Crippen LogP contribution in [0.4, 0.5) is 14.9 Å². The van der Waals surface area contributed by atoms with E-state index in [2.05, 4.69) is 21.2 Å². The van der Waals surface area contributed by atoms with Crippen molar-refractivity contribution in [3.05, 3.63) is 98.7 Å². The Bertz CT molecular complexity index is 1280. The van der Waals surface area contributed by atoms with Crippen molar-refractivity contribution in [2.24, 2.45) is 0 Å². The molecule has 4 rings (SSSR count). The number of hydrogen-bond donors (Lipinski definition) is 1. The van der Waals surface area contributed by atoms with Gasteiger partial charge in [0.15, 0.2) is 0 Å². The molecule has 1 aliphatic heterocycles. The summed E-state index contributed by atoms with van der Waals surface area (Å²) in [6.07, 6.45) is 1.39. The molecule has 1 fully saturated rings. The molecule has 166 valence electrons. The minimum absolute atomic E-state index is 0.198. The fourth-order valence-corrected chi connectivity index (χ4v) is 3.75. The molecule has 6 nitrogen and oxygen atoms in total. The number of nitrogens with one attached hydrogen (secondary N) is 1. The summed E-state index contributed by atoms with van der Waals surface area (Å²) in [6, 6.07) is 16.2. The predicted molar refractivity (Wildman–Crippen MR) is 125 cm³/mol. The van der Waals surface area contributed by atoms with Crippen LogP contribution in [0.3, 0.4) is 0 Å². The highest BCUT2D eigenvalue weighted by Crippen LogP contribution is 2.29. The summed E-state index contributed by atoms with van der Waals surface area (Å²) in [5, 5.41) is 2.62. The van der Waals surface area contributed by atoms with E-state index in [1.165, 1.54) is 30.3 Å². The van der Waals surface area contributed by atoms with E-state index >= 15 is 0 Å². The van der Waals surface area contributed by atoms with Crippen LogP contribution in [0.1, 0.15) is 11.1 Å². The molecule has 0 spiro atoms. The minimum atomic E-state index is -0.838. The third kappa shape index (κ3) is 5.13. The van der Waals surface area contributed by atoms with E-state index in [0.717, 1.165) is 10.5 Å². The normalized spacial score (nSPS) is 15.1. The van der Waals surface area contributed by atoms with E-state index in [0.29, 0.717) is 20.8 Å². The van der Waals surface area contributed by atoms with Crippen molar-refractivity contribution in [3.63, 3.8) is 0 Å². The lowest BCUT2D eigenvalue weighted by Gasteiger charge is -2.26. The first-order valence-corrected chi connectivity index (χ1v) is 10.8. The molecule has 0 aliphatic carbocycles. The highest BCUT2D eigenvalue weighted by atomic mass is 79.9. The van der Waals surface area contributed by atoms with E-state index in [1.54, 1.807) is 42.5 Å². The van der Waals surface area contributed by atoms with Crippen molar-refractivity contribution in [2.45, 2.75) is 6.61 Å². The second-order valence-corrected chi connectivity index (χ2v) is 8.33. The molecular weight excluding hydrogens is 515 g/mol. The molecule has 0 saturated carbocycles. The summed E-state index contributed by atoms with van der Waals surface area (Å²) in [6.45, 7) is 0.234. The Morgan fingerprint density at radius 2 is 1.70 bits per heavy atom. The summed E-state index contributed by atoms with van der Waals surface area (Å²) in [7, 11) is 0. The Morgan fingerprint density at radius 3 is 2.36 bits per heavy atom. The number of halogens is 3. The van der Waals surface area contributed by atoms with Gasteiger partial charge < -0.3 is 4.74 Å². The van der Waals surface area contributed by atoms with Crippen LogP contribution in [0.5, 0.6) is 5.75 Å². The monoisotopic (exact) mass is 528 g/mol. The molecule has 33 heavy (non-hydrogen) atoms. The van der Waals surface area contributed by atoms with Gasteiger partial charge in [0.1, 0.15) is 23.7 Å². The number of urea groups is 1. The van der Waals surface area contributed by atoms with Crippen molar-refractivity contribution < 1.29 is 23.5 Å². The molecular formula is C24H15BrClFN2O4. The summed E-state index contributed by atoms with van der Waals surface area (Å²) in [5.74, 6) is -1.34. The van der Waals surface area contributed by atoms with E-state index in [4.69, 9.17) is 16.3 Å². The summed E-state index contributed by atoms with van der Waals surface area (Å²) < 4.78 is 19.4. The number of nitrogens with zero attached hydrogens (tertiary/aromatic N) is 1. The van der Waals surface area contributed by atoms with Crippen LogP contribution in [0.25, 0.3) is 6.08 Å². The number of barbiturate groups is 1. The van der Waals surface area contributed by atoms with Gasteiger partial charge >= 0.3 is 6.03 Å². The van der Waals surface area contributed by atoms with Gasteiger partial charge in [-0.15, -0.1) is 0 Å². The smallest absolute Gasteiger partial charge is 0.335 e. The summed E-state index contributed by atoms with van der Waals surface area (Å²) in [4.78, 5) is 38.5. The number of imide groups is 2. The molecule has 3 aromatic rings. The predicted octanol–water partition coefficient (Wildman–Crippen LogP) is 5.49. The standard InChI is InChI=1S/C24H15BrClFN2O4/c25-20-12-15(3-10-21(20)33-13-14-1-6-17(27)7-2-14)11-19-22(30)28-24(32)29(23(19)31)18-8-4-16(26)5-9-18/h1-12H,13H2,(H,28,30,32)/b19-11+. The minimum Gasteiger partial charge on any atom is -0.488 e. The van der Waals surface area contributed by atoms with Gasteiger partial charge in [0, 0.05) is 5.02 Å². The van der Waals surface area contributed by atoms with E-state index in [-0.39, 0.29) is 23.7 Å². The fraction of sp³-hybridized carbons (Fsp3) is 0.0417. The zero-order chi connectivity index (χ0) is 23.5. The van der Waals surface area contributed by atoms with E-state index in [9.17, 15) is 18.8 Å². The van der Waals surface area contributed by atoms with Crippen LogP contribution in [-0.4, -0.2) is 17.8 Å². The molecule has 1 N–H and O–H groups in total. The molecule has 1 heterocycles. The number of carbonyl (C=O) groups excluding carboxylic acids is 3. The van der Waals surface area contributed by atoms with Gasteiger partial charge in [-0.3, -0.25) is 14.9 Å². The summed E-state index contributed by atoms with van der Waals surface area (Å²) >= 11 is 9.29. The molecule has 0 radical (unpaired) electrons. The Hall–Kier alpha value is -3.49. The first-order valence-electron chi connectivity index (χ1n) is 9.65. The zero-order valence-electron chi connectivity index (χ0n) is 16.8. The van der Waals surface area contributed by atoms with Gasteiger partial charge in [-0.1, -0.05) is 29.8 Å². The molecule has 0 atom stereocenters. The first-order chi connectivity index (χ1) is 15.8. The van der Waals surface area contributed by atoms with Crippen LogP contribution in [0.15, 0.2) is 76.8 Å². The van der Waals surface area contributed by atoms with E-state index < -0.39 is 17.8 Å². The van der Waals surface area contributed by atoms with Gasteiger partial charge in [0.25, 0.3) is 11.8 Å². The van der Waals surface area contributed by atoms with Crippen LogP contribution < -0.4 is 15.0 Å². The van der Waals surface area contributed by atoms with Crippen LogP contribution in [-0.2, 0) is 16.2 Å². The van der Waals surface area contributed by atoms with Crippen molar-refractivity contribution >= 4 is 57.1 Å². The van der Waals surface area contributed by atoms with E-state index in [1.807, 2.05) is 0 Å². The maximum absolute atomic E-state index is 13.0. The van der Waals surface area contributed by atoms with Crippen LogP contribution >= 0.6 is 27.5 Å². The van der Waals surface area contributed by atoms with Crippen LogP contribution in [0.2, 0.25) is 5.02 Å². The maximum Gasteiger partial charge on any atom is 0.335 e. The van der Waals surface area contributed by atoms with Crippen molar-refractivity contribution in [1.82, 2.24) is 5.32 Å². The van der Waals surface area contributed by atoms with Crippen molar-refractivity contribution in [1.29, 1.82) is 0 Å². The van der Waals surface area contributed by atoms with Gasteiger partial charge in [-0.05, 0) is 81.7 Å². The lowest BCUT2D eigenvalue weighted by Crippen LogP contribution is -2.54. The number of hydrogen-bond acceptors (Lipinski definition) is 4. The summed E-state index contributed by atoms with van der Waals surface area (Å²) in [5.41, 5.74) is 1.42. The van der Waals surface area contributed by atoms with Gasteiger partial charge in [-0.25, -0.2) is 14.1 Å². The second-order valence-electron chi connectivity index (χ2n) is 7.04. The Kier molecular flexibility index (Phi) is 6.57. The van der Waals surface area contributed by atoms with Crippen molar-refractivity contribution in [3.8, 4) is 5.75 Å². The van der Waals surface area contributed by atoms with Crippen molar-refractivity contribution in [2.75, 3.05) is 4.90 Å². The molecule has 1 aliphatic rings. The van der Waals surface area contributed by atoms with Gasteiger partial charge in [0.2, 0.25) is 0 Å². The average Bonchev–Trinajstić information content (AvgIpc) is 2.78.